The monoisotopic (exact) mass is 462 g/mol. The third-order valence-electron chi connectivity index (χ3n) is 6.86. The third-order valence-corrected chi connectivity index (χ3v) is 6.86. The summed E-state index contributed by atoms with van der Waals surface area (Å²) in [6.07, 6.45) is 3.44. The lowest BCUT2D eigenvalue weighted by Crippen LogP contribution is -2.44. The number of rotatable bonds is 3. The van der Waals surface area contributed by atoms with E-state index in [1.54, 1.807) is 23.9 Å². The van der Waals surface area contributed by atoms with Crippen LogP contribution in [0.5, 0.6) is 0 Å². The minimum Gasteiger partial charge on any atom is -0.385 e. The van der Waals surface area contributed by atoms with Gasteiger partial charge in [0.2, 0.25) is 0 Å². The van der Waals surface area contributed by atoms with E-state index >= 15 is 0 Å². The smallest absolute Gasteiger partial charge is 0.165 e. The summed E-state index contributed by atoms with van der Waals surface area (Å²) in [5.41, 5.74) is 7.06. The molecule has 1 aliphatic carbocycles. The molecule has 0 spiro atoms. The number of nitrogen functional groups attached to an aromatic ring is 1. The Hall–Kier alpha value is -3.60. The number of ether oxygens (including phenoxy) is 1. The number of nitrogens with two attached hydrogens (primary N) is 1. The number of fused-ring (bicyclic) bond motifs is 3. The summed E-state index contributed by atoms with van der Waals surface area (Å²) < 4.78 is 21.7. The van der Waals surface area contributed by atoms with E-state index in [4.69, 9.17) is 10.5 Å². The van der Waals surface area contributed by atoms with Crippen molar-refractivity contribution in [2.45, 2.75) is 36.9 Å². The summed E-state index contributed by atoms with van der Waals surface area (Å²) in [4.78, 5) is 12.7. The van der Waals surface area contributed by atoms with Crippen LogP contribution < -0.4 is 11.1 Å². The number of pyridine rings is 1. The zero-order valence-corrected chi connectivity index (χ0v) is 18.3. The Bertz CT molecular complexity index is 1470. The highest BCUT2D eigenvalue weighted by Gasteiger charge is 2.60. The summed E-state index contributed by atoms with van der Waals surface area (Å²) in [5, 5.41) is 27.0. The molecule has 9 nitrogen and oxygen atoms in total. The minimum absolute atomic E-state index is 0.151. The fourth-order valence-electron chi connectivity index (χ4n) is 5.11. The number of halogens is 1. The first-order chi connectivity index (χ1) is 16.4. The molecule has 4 heterocycles. The zero-order valence-electron chi connectivity index (χ0n) is 18.3. The van der Waals surface area contributed by atoms with E-state index in [2.05, 4.69) is 20.3 Å². The highest BCUT2D eigenvalue weighted by atomic mass is 19.1. The molecule has 6 rings (SSSR count). The predicted octanol–water partition coefficient (Wildman–Crippen LogP) is 2.61. The number of benzene rings is 1. The van der Waals surface area contributed by atoms with Crippen LogP contribution >= 0.6 is 0 Å². The maximum Gasteiger partial charge on any atom is 0.165 e. The second-order valence-corrected chi connectivity index (χ2v) is 8.80. The summed E-state index contributed by atoms with van der Waals surface area (Å²) in [7, 11) is 1.78. The molecule has 1 saturated carbocycles. The van der Waals surface area contributed by atoms with E-state index in [1.807, 2.05) is 24.3 Å². The lowest BCUT2D eigenvalue weighted by Gasteiger charge is -2.25. The molecule has 1 aliphatic heterocycles. The van der Waals surface area contributed by atoms with Crippen LogP contribution in [0, 0.1) is 5.82 Å². The van der Waals surface area contributed by atoms with Crippen molar-refractivity contribution in [3.63, 3.8) is 0 Å². The lowest BCUT2D eigenvalue weighted by molar-refractivity contribution is -0.0628. The molecule has 2 fully saturated rings. The van der Waals surface area contributed by atoms with Crippen molar-refractivity contribution in [3.8, 4) is 0 Å². The van der Waals surface area contributed by atoms with Crippen LogP contribution in [0.1, 0.15) is 24.6 Å². The second kappa shape index (κ2) is 7.45. The van der Waals surface area contributed by atoms with Crippen molar-refractivity contribution in [3.05, 3.63) is 59.8 Å². The van der Waals surface area contributed by atoms with Gasteiger partial charge in [0.15, 0.2) is 17.9 Å². The SMILES string of the molecule is CNc1ncnc2c1ccn2[C@@H]1O[C@@H]2/C(=C/c3ccc4cc(F)c(N)nc4c3)CC[C@]2(O)[C@H]1O. The van der Waals surface area contributed by atoms with Crippen LogP contribution in [0.4, 0.5) is 16.0 Å². The first-order valence-electron chi connectivity index (χ1n) is 11.0. The van der Waals surface area contributed by atoms with Crippen molar-refractivity contribution in [1.29, 1.82) is 0 Å². The van der Waals surface area contributed by atoms with Gasteiger partial charge >= 0.3 is 0 Å². The summed E-state index contributed by atoms with van der Waals surface area (Å²) >= 11 is 0. The maximum atomic E-state index is 13.7. The van der Waals surface area contributed by atoms with Gasteiger partial charge in [0.25, 0.3) is 0 Å². The normalized spacial score (nSPS) is 27.6. The van der Waals surface area contributed by atoms with Crippen LogP contribution in [0.25, 0.3) is 28.0 Å². The molecule has 0 amide bonds. The van der Waals surface area contributed by atoms with E-state index in [0.717, 1.165) is 16.5 Å². The fraction of sp³-hybridized carbons (Fsp3) is 0.292. The summed E-state index contributed by atoms with van der Waals surface area (Å²) in [6, 6.07) is 8.64. The van der Waals surface area contributed by atoms with Crippen LogP contribution in [0.3, 0.4) is 0 Å². The zero-order chi connectivity index (χ0) is 23.6. The average Bonchev–Trinajstić information content (AvgIpc) is 3.47. The van der Waals surface area contributed by atoms with Crippen molar-refractivity contribution in [2.24, 2.45) is 0 Å². The Morgan fingerprint density at radius 3 is 2.97 bits per heavy atom. The molecule has 4 aromatic rings. The standard InChI is InChI=1S/C24H23FN6O3/c1-27-21-15-5-7-31(22(15)29-11-28-21)23-18(32)24(33)6-4-14(19(24)34-23)8-12-2-3-13-10-16(25)20(26)30-17(13)9-12/h2-3,5,7-11,18-19,23,32-33H,4,6H2,1H3,(H2,26,30)(H,27,28,29)/b14-8+/t18-,19+,23+,24-/m0/s1. The molecule has 1 aromatic carbocycles. The van der Waals surface area contributed by atoms with Crippen molar-refractivity contribution >= 4 is 39.6 Å². The lowest BCUT2D eigenvalue weighted by atomic mass is 9.93. The van der Waals surface area contributed by atoms with Gasteiger partial charge in [0, 0.05) is 18.6 Å². The van der Waals surface area contributed by atoms with Crippen molar-refractivity contribution in [1.82, 2.24) is 19.5 Å². The highest BCUT2D eigenvalue weighted by Crippen LogP contribution is 2.50. The quantitative estimate of drug-likeness (QED) is 0.365. The number of anilines is 2. The second-order valence-electron chi connectivity index (χ2n) is 8.80. The number of nitrogens with one attached hydrogen (secondary N) is 1. The average molecular weight is 462 g/mol. The van der Waals surface area contributed by atoms with E-state index in [1.165, 1.54) is 12.4 Å². The topological polar surface area (TPSA) is 131 Å². The molecule has 2 aliphatic rings. The fourth-order valence-corrected chi connectivity index (χ4v) is 5.11. The van der Waals surface area contributed by atoms with Gasteiger partial charge in [-0.3, -0.25) is 0 Å². The molecular formula is C24H23FN6O3. The molecule has 0 unspecified atom stereocenters. The minimum atomic E-state index is -1.42. The van der Waals surface area contributed by atoms with E-state index in [9.17, 15) is 14.6 Å². The van der Waals surface area contributed by atoms with E-state index in [-0.39, 0.29) is 5.82 Å². The number of hydrogen-bond donors (Lipinski definition) is 4. The van der Waals surface area contributed by atoms with Gasteiger partial charge in [-0.25, -0.2) is 19.3 Å². The predicted molar refractivity (Wildman–Crippen MR) is 125 cm³/mol. The summed E-state index contributed by atoms with van der Waals surface area (Å²) in [5.74, 6) is -0.0357. The molecular weight excluding hydrogens is 439 g/mol. The molecule has 5 N–H and O–H groups in total. The Morgan fingerprint density at radius 1 is 1.29 bits per heavy atom. The van der Waals surface area contributed by atoms with Gasteiger partial charge in [-0.05, 0) is 42.2 Å². The van der Waals surface area contributed by atoms with Gasteiger partial charge in [-0.2, -0.15) is 0 Å². The summed E-state index contributed by atoms with van der Waals surface area (Å²) in [6.45, 7) is 0. The molecule has 4 atom stereocenters. The van der Waals surface area contributed by atoms with Gasteiger partial charge in [-0.15, -0.1) is 0 Å². The van der Waals surface area contributed by atoms with Crippen molar-refractivity contribution in [2.75, 3.05) is 18.1 Å². The Balaban J connectivity index is 1.35. The highest BCUT2D eigenvalue weighted by molar-refractivity contribution is 5.87. The number of aliphatic hydroxyl groups excluding tert-OH is 1. The Morgan fingerprint density at radius 2 is 2.15 bits per heavy atom. The molecule has 3 aromatic heterocycles. The largest absolute Gasteiger partial charge is 0.385 e. The molecule has 10 heteroatoms. The Kier molecular flexibility index (Phi) is 4.60. The van der Waals surface area contributed by atoms with Gasteiger partial charge in [0.05, 0.1) is 10.9 Å². The number of aliphatic hydroxyl groups is 2. The molecule has 174 valence electrons. The van der Waals surface area contributed by atoms with Crippen LogP contribution in [0.15, 0.2) is 48.4 Å². The molecule has 1 saturated heterocycles. The maximum absolute atomic E-state index is 13.7. The first-order valence-corrected chi connectivity index (χ1v) is 11.0. The molecule has 34 heavy (non-hydrogen) atoms. The molecule has 0 bridgehead atoms. The van der Waals surface area contributed by atoms with E-state index < -0.39 is 29.9 Å². The van der Waals surface area contributed by atoms with Crippen molar-refractivity contribution < 1.29 is 19.3 Å². The van der Waals surface area contributed by atoms with Crippen LogP contribution in [0.2, 0.25) is 0 Å². The third kappa shape index (κ3) is 2.99. The van der Waals surface area contributed by atoms with E-state index in [0.29, 0.717) is 35.2 Å². The van der Waals surface area contributed by atoms with Gasteiger partial charge < -0.3 is 30.6 Å². The number of nitrogens with zero attached hydrogens (tertiary/aromatic N) is 4. The Labute approximate surface area is 193 Å². The van der Waals surface area contributed by atoms with Gasteiger partial charge in [0.1, 0.15) is 35.6 Å². The first kappa shape index (κ1) is 21.0. The van der Waals surface area contributed by atoms with Crippen LogP contribution in [-0.2, 0) is 4.74 Å². The van der Waals surface area contributed by atoms with Gasteiger partial charge in [-0.1, -0.05) is 18.2 Å². The number of aromatic nitrogens is 4. The number of hydrogen-bond acceptors (Lipinski definition) is 8. The molecule has 0 radical (unpaired) electrons. The van der Waals surface area contributed by atoms with Crippen LogP contribution in [-0.4, -0.2) is 54.6 Å².